The summed E-state index contributed by atoms with van der Waals surface area (Å²) in [5, 5.41) is 0. The van der Waals surface area contributed by atoms with E-state index in [1.807, 2.05) is 0 Å². The molecule has 2 rings (SSSR count). The fraction of sp³-hybridized carbons (Fsp3) is 0.364. The Kier molecular flexibility index (Phi) is 2.16. The minimum absolute atomic E-state index is 0.00810. The second kappa shape index (κ2) is 3.24. The van der Waals surface area contributed by atoms with Crippen LogP contribution in [-0.2, 0) is 19.1 Å². The molecule has 0 aromatic rings. The Morgan fingerprint density at radius 3 is 2.27 bits per heavy atom. The molecule has 0 aromatic carbocycles. The Bertz CT molecular complexity index is 428. The van der Waals surface area contributed by atoms with Gasteiger partial charge in [-0.3, -0.25) is 14.4 Å². The van der Waals surface area contributed by atoms with Crippen molar-refractivity contribution in [2.45, 2.75) is 26.1 Å². The van der Waals surface area contributed by atoms with E-state index in [0.717, 1.165) is 6.08 Å². The summed E-state index contributed by atoms with van der Waals surface area (Å²) in [5.41, 5.74) is 0.208. The SMILES string of the molecule is C[C@H]1O[C@H](C)C2=C(C(=O)C=CC2=O)C1=O. The molecule has 0 fully saturated rings. The number of allylic oxidation sites excluding steroid dienone is 2. The molecule has 0 aromatic heterocycles. The molecule has 4 nitrogen and oxygen atoms in total. The molecule has 0 spiro atoms. The van der Waals surface area contributed by atoms with E-state index in [9.17, 15) is 14.4 Å². The Morgan fingerprint density at radius 2 is 1.60 bits per heavy atom. The van der Waals surface area contributed by atoms with Gasteiger partial charge in [0.25, 0.3) is 0 Å². The molecular formula is C11H10O4. The smallest absolute Gasteiger partial charge is 0.195 e. The Hall–Kier alpha value is -1.55. The van der Waals surface area contributed by atoms with Crippen LogP contribution in [0.5, 0.6) is 0 Å². The van der Waals surface area contributed by atoms with E-state index < -0.39 is 23.8 Å². The number of ketones is 3. The fourth-order valence-electron chi connectivity index (χ4n) is 1.88. The minimum atomic E-state index is -0.651. The van der Waals surface area contributed by atoms with Gasteiger partial charge in [0.15, 0.2) is 17.3 Å². The second-order valence-electron chi connectivity index (χ2n) is 3.64. The van der Waals surface area contributed by atoms with Crippen molar-refractivity contribution in [2.75, 3.05) is 0 Å². The molecule has 1 heterocycles. The van der Waals surface area contributed by atoms with Gasteiger partial charge in [0.05, 0.1) is 11.7 Å². The van der Waals surface area contributed by atoms with Crippen LogP contribution in [0, 0.1) is 0 Å². The van der Waals surface area contributed by atoms with Gasteiger partial charge in [-0.2, -0.15) is 0 Å². The first-order chi connectivity index (χ1) is 7.02. The van der Waals surface area contributed by atoms with Crippen molar-refractivity contribution in [1.82, 2.24) is 0 Å². The van der Waals surface area contributed by atoms with Crippen LogP contribution < -0.4 is 0 Å². The monoisotopic (exact) mass is 206 g/mol. The highest BCUT2D eigenvalue weighted by atomic mass is 16.5. The molecule has 2 aliphatic rings. The van der Waals surface area contributed by atoms with Crippen LogP contribution in [0.4, 0.5) is 0 Å². The standard InChI is InChI=1S/C11H10O4/c1-5-9-7(12)3-4-8(13)10(9)11(14)6(2)15-5/h3-6H,1-2H3/t5-,6-/m1/s1. The second-order valence-corrected chi connectivity index (χ2v) is 3.64. The van der Waals surface area contributed by atoms with E-state index in [1.54, 1.807) is 13.8 Å². The first-order valence-electron chi connectivity index (χ1n) is 4.73. The predicted molar refractivity (Wildman–Crippen MR) is 51.2 cm³/mol. The van der Waals surface area contributed by atoms with Gasteiger partial charge in [-0.25, -0.2) is 0 Å². The van der Waals surface area contributed by atoms with Gasteiger partial charge in [0.2, 0.25) is 0 Å². The Balaban J connectivity index is 2.59. The molecule has 0 saturated carbocycles. The number of rotatable bonds is 0. The molecule has 0 saturated heterocycles. The number of carbonyl (C=O) groups excluding carboxylic acids is 3. The first-order valence-corrected chi connectivity index (χ1v) is 4.73. The molecule has 15 heavy (non-hydrogen) atoms. The molecule has 0 unspecified atom stereocenters. The van der Waals surface area contributed by atoms with Crippen LogP contribution in [0.3, 0.4) is 0 Å². The lowest BCUT2D eigenvalue weighted by Gasteiger charge is -2.28. The normalized spacial score (nSPS) is 30.9. The van der Waals surface area contributed by atoms with E-state index in [2.05, 4.69) is 0 Å². The number of hydrogen-bond donors (Lipinski definition) is 0. The molecule has 2 atom stereocenters. The fourth-order valence-corrected chi connectivity index (χ4v) is 1.88. The quantitative estimate of drug-likeness (QED) is 0.424. The molecule has 0 bridgehead atoms. The largest absolute Gasteiger partial charge is 0.363 e. The molecule has 1 aliphatic heterocycles. The van der Waals surface area contributed by atoms with Crippen LogP contribution in [0.1, 0.15) is 13.8 Å². The molecule has 0 radical (unpaired) electrons. The van der Waals surface area contributed by atoms with Crippen molar-refractivity contribution >= 4 is 17.3 Å². The van der Waals surface area contributed by atoms with Crippen LogP contribution in [0.25, 0.3) is 0 Å². The van der Waals surface area contributed by atoms with Gasteiger partial charge in [0.1, 0.15) is 6.10 Å². The third-order valence-corrected chi connectivity index (χ3v) is 2.60. The number of hydrogen-bond acceptors (Lipinski definition) is 4. The van der Waals surface area contributed by atoms with Crippen LogP contribution in [-0.4, -0.2) is 29.6 Å². The van der Waals surface area contributed by atoms with Gasteiger partial charge in [0, 0.05) is 5.57 Å². The number of Topliss-reactive ketones (excluding diaryl/α,β-unsaturated/α-hetero) is 1. The van der Waals surface area contributed by atoms with E-state index in [4.69, 9.17) is 4.74 Å². The van der Waals surface area contributed by atoms with Gasteiger partial charge >= 0.3 is 0 Å². The van der Waals surface area contributed by atoms with Crippen molar-refractivity contribution in [3.63, 3.8) is 0 Å². The zero-order chi connectivity index (χ0) is 11.2. The summed E-state index contributed by atoms with van der Waals surface area (Å²) in [5.74, 6) is -1.10. The Morgan fingerprint density at radius 1 is 1.00 bits per heavy atom. The summed E-state index contributed by atoms with van der Waals surface area (Å²) in [6.45, 7) is 3.25. The molecule has 4 heteroatoms. The number of ether oxygens (including phenoxy) is 1. The molecule has 0 N–H and O–H groups in total. The maximum Gasteiger partial charge on any atom is 0.195 e. The van der Waals surface area contributed by atoms with Crippen LogP contribution in [0.15, 0.2) is 23.3 Å². The molecular weight excluding hydrogens is 196 g/mol. The average molecular weight is 206 g/mol. The van der Waals surface area contributed by atoms with Crippen LogP contribution >= 0.6 is 0 Å². The van der Waals surface area contributed by atoms with Crippen molar-refractivity contribution in [3.05, 3.63) is 23.3 Å². The van der Waals surface area contributed by atoms with Crippen LogP contribution in [0.2, 0.25) is 0 Å². The topological polar surface area (TPSA) is 60.4 Å². The van der Waals surface area contributed by atoms with Gasteiger partial charge in [-0.05, 0) is 26.0 Å². The predicted octanol–water partition coefficient (Wildman–Crippen LogP) is 0.367. The van der Waals surface area contributed by atoms with E-state index >= 15 is 0 Å². The van der Waals surface area contributed by atoms with Crippen molar-refractivity contribution in [1.29, 1.82) is 0 Å². The Labute approximate surface area is 86.6 Å². The maximum absolute atomic E-state index is 11.7. The molecule has 0 amide bonds. The molecule has 1 aliphatic carbocycles. The van der Waals surface area contributed by atoms with Crippen molar-refractivity contribution in [2.24, 2.45) is 0 Å². The van der Waals surface area contributed by atoms with Gasteiger partial charge < -0.3 is 4.74 Å². The lowest BCUT2D eigenvalue weighted by Crippen LogP contribution is -2.40. The molecule has 78 valence electrons. The lowest BCUT2D eigenvalue weighted by atomic mass is 9.85. The van der Waals surface area contributed by atoms with Gasteiger partial charge in [-0.1, -0.05) is 0 Å². The summed E-state index contributed by atoms with van der Waals surface area (Å²) in [6, 6.07) is 0. The third kappa shape index (κ3) is 1.37. The summed E-state index contributed by atoms with van der Waals surface area (Å²) < 4.78 is 5.27. The first kappa shape index (κ1) is 9.98. The summed E-state index contributed by atoms with van der Waals surface area (Å²) in [7, 11) is 0. The lowest BCUT2D eigenvalue weighted by molar-refractivity contribution is -0.134. The average Bonchev–Trinajstić information content (AvgIpc) is 2.18. The zero-order valence-corrected chi connectivity index (χ0v) is 8.44. The summed E-state index contributed by atoms with van der Waals surface area (Å²) in [6.07, 6.45) is 1.18. The van der Waals surface area contributed by atoms with Gasteiger partial charge in [-0.15, -0.1) is 0 Å². The van der Waals surface area contributed by atoms with Crippen molar-refractivity contribution < 1.29 is 19.1 Å². The maximum atomic E-state index is 11.7. The highest BCUT2D eigenvalue weighted by Gasteiger charge is 2.38. The van der Waals surface area contributed by atoms with E-state index in [-0.39, 0.29) is 16.9 Å². The third-order valence-electron chi connectivity index (χ3n) is 2.60. The zero-order valence-electron chi connectivity index (χ0n) is 8.44. The highest BCUT2D eigenvalue weighted by Crippen LogP contribution is 2.27. The number of carbonyl (C=O) groups is 3. The highest BCUT2D eigenvalue weighted by molar-refractivity contribution is 6.33. The van der Waals surface area contributed by atoms with E-state index in [1.165, 1.54) is 6.08 Å². The summed E-state index contributed by atoms with van der Waals surface area (Å²) in [4.78, 5) is 34.7. The van der Waals surface area contributed by atoms with E-state index in [0.29, 0.717) is 0 Å². The minimum Gasteiger partial charge on any atom is -0.363 e. The summed E-state index contributed by atoms with van der Waals surface area (Å²) >= 11 is 0. The van der Waals surface area contributed by atoms with Crippen molar-refractivity contribution in [3.8, 4) is 0 Å².